The van der Waals surface area contributed by atoms with Crippen molar-refractivity contribution in [1.29, 1.82) is 0 Å². The van der Waals surface area contributed by atoms with Crippen LogP contribution in [0, 0.1) is 18.2 Å². The lowest BCUT2D eigenvalue weighted by atomic mass is 9.91. The summed E-state index contributed by atoms with van der Waals surface area (Å²) >= 11 is 1.63. The molecule has 1 fully saturated rings. The lowest BCUT2D eigenvalue weighted by Crippen LogP contribution is -2.44. The molecule has 1 aliphatic rings. The van der Waals surface area contributed by atoms with Crippen LogP contribution in [0.5, 0.6) is 0 Å². The van der Waals surface area contributed by atoms with Crippen molar-refractivity contribution in [1.82, 2.24) is 9.80 Å². The Morgan fingerprint density at radius 1 is 1.07 bits per heavy atom. The zero-order valence-electron chi connectivity index (χ0n) is 18.3. The number of thiophene rings is 1. The molecule has 0 spiro atoms. The molecule has 4 nitrogen and oxygen atoms in total. The van der Waals surface area contributed by atoms with Crippen LogP contribution in [0.4, 0.5) is 4.39 Å². The Hall–Kier alpha value is -2.21. The molecule has 0 unspecified atom stereocenters. The molecule has 1 aliphatic carbocycles. The molecule has 0 atom stereocenters. The van der Waals surface area contributed by atoms with Gasteiger partial charge < -0.3 is 9.80 Å². The Morgan fingerprint density at radius 3 is 2.27 bits per heavy atom. The van der Waals surface area contributed by atoms with Gasteiger partial charge in [-0.25, -0.2) is 4.39 Å². The highest BCUT2D eigenvalue weighted by atomic mass is 32.1. The fraction of sp³-hybridized carbons (Fsp3) is 0.500. The fourth-order valence-corrected chi connectivity index (χ4v) is 4.31. The Kier molecular flexibility index (Phi) is 6.96. The molecule has 0 N–H and O–H groups in total. The van der Waals surface area contributed by atoms with Gasteiger partial charge in [-0.3, -0.25) is 9.59 Å². The molecule has 0 saturated heterocycles. The van der Waals surface area contributed by atoms with Gasteiger partial charge in [-0.15, -0.1) is 11.3 Å². The Balaban J connectivity index is 1.76. The summed E-state index contributed by atoms with van der Waals surface area (Å²) in [4.78, 5) is 30.9. The number of halogens is 1. The van der Waals surface area contributed by atoms with Crippen LogP contribution in [-0.4, -0.2) is 34.2 Å². The minimum absolute atomic E-state index is 0.0485. The first-order valence-corrected chi connectivity index (χ1v) is 11.3. The molecule has 2 aromatic rings. The predicted octanol–water partition coefficient (Wildman–Crippen LogP) is 5.15. The van der Waals surface area contributed by atoms with Crippen molar-refractivity contribution in [3.8, 4) is 0 Å². The van der Waals surface area contributed by atoms with E-state index in [1.165, 1.54) is 12.1 Å². The van der Waals surface area contributed by atoms with E-state index in [4.69, 9.17) is 0 Å². The largest absolute Gasteiger partial charge is 0.332 e. The van der Waals surface area contributed by atoms with Crippen molar-refractivity contribution in [2.75, 3.05) is 6.54 Å². The summed E-state index contributed by atoms with van der Waals surface area (Å²) in [5, 5.41) is 2.02. The minimum atomic E-state index is -0.293. The zero-order chi connectivity index (χ0) is 21.9. The second-order valence-electron chi connectivity index (χ2n) is 9.39. The van der Waals surface area contributed by atoms with Crippen molar-refractivity contribution >= 4 is 23.2 Å². The average molecular weight is 431 g/mol. The SMILES string of the molecule is Cc1ccsc1CN(Cc1ccc(F)cc1)C(=O)CN(C(=O)CC(C)(C)C)C1CC1. The molecule has 1 saturated carbocycles. The number of aryl methyl sites for hydroxylation is 1. The minimum Gasteiger partial charge on any atom is -0.332 e. The molecule has 3 rings (SSSR count). The van der Waals surface area contributed by atoms with Crippen LogP contribution in [0.2, 0.25) is 0 Å². The zero-order valence-corrected chi connectivity index (χ0v) is 19.1. The van der Waals surface area contributed by atoms with Gasteiger partial charge in [0.1, 0.15) is 12.4 Å². The van der Waals surface area contributed by atoms with Gasteiger partial charge in [-0.1, -0.05) is 32.9 Å². The number of hydrogen-bond acceptors (Lipinski definition) is 3. The first-order valence-electron chi connectivity index (χ1n) is 10.5. The molecule has 1 heterocycles. The lowest BCUT2D eigenvalue weighted by molar-refractivity contribution is -0.142. The molecule has 30 heavy (non-hydrogen) atoms. The second kappa shape index (κ2) is 9.29. The van der Waals surface area contributed by atoms with Crippen molar-refractivity contribution < 1.29 is 14.0 Å². The topological polar surface area (TPSA) is 40.6 Å². The maximum atomic E-state index is 13.3. The summed E-state index contributed by atoms with van der Waals surface area (Å²) in [6.45, 7) is 9.14. The van der Waals surface area contributed by atoms with Crippen molar-refractivity contribution in [3.05, 3.63) is 57.5 Å². The maximum absolute atomic E-state index is 13.3. The molecule has 1 aromatic heterocycles. The molecule has 2 amide bonds. The highest BCUT2D eigenvalue weighted by Crippen LogP contribution is 2.30. The van der Waals surface area contributed by atoms with Crippen LogP contribution in [-0.2, 0) is 22.7 Å². The number of rotatable bonds is 8. The summed E-state index contributed by atoms with van der Waals surface area (Å²) in [6.07, 6.45) is 2.36. The molecule has 0 aliphatic heterocycles. The van der Waals surface area contributed by atoms with Crippen LogP contribution in [0.1, 0.15) is 56.0 Å². The smallest absolute Gasteiger partial charge is 0.242 e. The van der Waals surface area contributed by atoms with Gasteiger partial charge in [-0.2, -0.15) is 0 Å². The third kappa shape index (κ3) is 6.39. The van der Waals surface area contributed by atoms with Gasteiger partial charge in [0.2, 0.25) is 11.8 Å². The highest BCUT2D eigenvalue weighted by Gasteiger charge is 2.36. The van der Waals surface area contributed by atoms with Gasteiger partial charge in [0.25, 0.3) is 0 Å². The number of carbonyl (C=O) groups is 2. The Labute approximate surface area is 182 Å². The third-order valence-electron chi connectivity index (χ3n) is 5.24. The molecule has 0 radical (unpaired) electrons. The van der Waals surface area contributed by atoms with Gasteiger partial charge in [0.05, 0.1) is 6.54 Å². The predicted molar refractivity (Wildman–Crippen MR) is 119 cm³/mol. The summed E-state index contributed by atoms with van der Waals surface area (Å²) < 4.78 is 13.3. The fourth-order valence-electron chi connectivity index (χ4n) is 3.39. The Bertz CT molecular complexity index is 881. The average Bonchev–Trinajstić information content (AvgIpc) is 3.42. The van der Waals surface area contributed by atoms with Crippen molar-refractivity contribution in [2.45, 2.75) is 66.1 Å². The van der Waals surface area contributed by atoms with Gasteiger partial charge in [0.15, 0.2) is 0 Å². The van der Waals surface area contributed by atoms with Crippen LogP contribution in [0.25, 0.3) is 0 Å². The number of hydrogen-bond donors (Lipinski definition) is 0. The summed E-state index contributed by atoms with van der Waals surface area (Å²) in [5.41, 5.74) is 1.91. The van der Waals surface area contributed by atoms with E-state index in [1.807, 2.05) is 39.1 Å². The number of benzene rings is 1. The van der Waals surface area contributed by atoms with Crippen molar-refractivity contribution in [2.24, 2.45) is 5.41 Å². The van der Waals surface area contributed by atoms with Crippen molar-refractivity contribution in [3.63, 3.8) is 0 Å². The number of carbonyl (C=O) groups excluding carboxylic acids is 2. The molecule has 162 valence electrons. The van der Waals surface area contributed by atoms with E-state index in [0.29, 0.717) is 19.5 Å². The normalized spacial score (nSPS) is 13.9. The van der Waals surface area contributed by atoms with Crippen LogP contribution < -0.4 is 0 Å². The van der Waals surface area contributed by atoms with E-state index in [1.54, 1.807) is 33.3 Å². The first kappa shape index (κ1) is 22.5. The molecular formula is C24H31FN2O2S. The molecule has 1 aromatic carbocycles. The van der Waals surface area contributed by atoms with Crippen LogP contribution in [0.3, 0.4) is 0 Å². The Morgan fingerprint density at radius 2 is 1.73 bits per heavy atom. The second-order valence-corrected chi connectivity index (χ2v) is 10.4. The van der Waals surface area contributed by atoms with Crippen LogP contribution >= 0.6 is 11.3 Å². The van der Waals surface area contributed by atoms with Gasteiger partial charge >= 0.3 is 0 Å². The van der Waals surface area contributed by atoms with E-state index in [0.717, 1.165) is 28.8 Å². The molecular weight excluding hydrogens is 399 g/mol. The van der Waals surface area contributed by atoms with E-state index < -0.39 is 0 Å². The van der Waals surface area contributed by atoms with E-state index in [9.17, 15) is 14.0 Å². The van der Waals surface area contributed by atoms with Gasteiger partial charge in [0, 0.05) is 23.9 Å². The molecule has 0 bridgehead atoms. The number of nitrogens with zero attached hydrogens (tertiary/aromatic N) is 2. The van der Waals surface area contributed by atoms with E-state index >= 15 is 0 Å². The van der Waals surface area contributed by atoms with Crippen LogP contribution in [0.15, 0.2) is 35.7 Å². The first-order chi connectivity index (χ1) is 14.1. The van der Waals surface area contributed by atoms with Gasteiger partial charge in [-0.05, 0) is 59.9 Å². The lowest BCUT2D eigenvalue weighted by Gasteiger charge is -2.30. The summed E-state index contributed by atoms with van der Waals surface area (Å²) in [7, 11) is 0. The maximum Gasteiger partial charge on any atom is 0.242 e. The highest BCUT2D eigenvalue weighted by molar-refractivity contribution is 7.10. The summed E-state index contributed by atoms with van der Waals surface area (Å²) in [5.74, 6) is -0.313. The molecule has 6 heteroatoms. The van der Waals surface area contributed by atoms with E-state index in [-0.39, 0.29) is 35.6 Å². The monoisotopic (exact) mass is 430 g/mol. The summed E-state index contributed by atoms with van der Waals surface area (Å²) in [6, 6.07) is 8.47. The quantitative estimate of drug-likeness (QED) is 0.581. The standard InChI is InChI=1S/C24H31FN2O2S/c1-17-11-12-30-21(17)15-26(14-18-5-7-19(25)8-6-18)23(29)16-27(20-9-10-20)22(28)13-24(2,3)4/h5-8,11-12,20H,9-10,13-16H2,1-4H3. The van der Waals surface area contributed by atoms with E-state index in [2.05, 4.69) is 0 Å². The third-order valence-corrected chi connectivity index (χ3v) is 6.24. The number of amides is 2.